The van der Waals surface area contributed by atoms with Gasteiger partial charge in [-0.1, -0.05) is 19.9 Å². The molecule has 3 N–H and O–H groups in total. The van der Waals surface area contributed by atoms with Crippen LogP contribution in [0.3, 0.4) is 0 Å². The number of allylic oxidation sites excluding steroid dienone is 1. The maximum Gasteiger partial charge on any atom is 0.257 e. The van der Waals surface area contributed by atoms with Gasteiger partial charge in [0.2, 0.25) is 5.91 Å². The van der Waals surface area contributed by atoms with E-state index in [-0.39, 0.29) is 29.7 Å². The number of hydrogen-bond donors (Lipinski definition) is 2. The van der Waals surface area contributed by atoms with E-state index in [1.54, 1.807) is 53.9 Å². The minimum atomic E-state index is -0.646. The second kappa shape index (κ2) is 7.81. The summed E-state index contributed by atoms with van der Waals surface area (Å²) in [6.07, 6.45) is 12.8. The highest BCUT2D eigenvalue weighted by atomic mass is 19.1. The van der Waals surface area contributed by atoms with Gasteiger partial charge in [-0.05, 0) is 55.9 Å². The summed E-state index contributed by atoms with van der Waals surface area (Å²) in [6.45, 7) is 3.08. The van der Waals surface area contributed by atoms with Crippen molar-refractivity contribution in [2.45, 2.75) is 52.0 Å². The van der Waals surface area contributed by atoms with Gasteiger partial charge in [-0.25, -0.2) is 9.36 Å². The van der Waals surface area contributed by atoms with Gasteiger partial charge >= 0.3 is 0 Å². The van der Waals surface area contributed by atoms with Crippen LogP contribution in [0.1, 0.15) is 56.3 Å². The highest BCUT2D eigenvalue weighted by Gasteiger charge is 2.58. The van der Waals surface area contributed by atoms with Crippen molar-refractivity contribution in [1.82, 2.24) is 24.9 Å². The fourth-order valence-electron chi connectivity index (χ4n) is 6.36. The second-order valence-electron chi connectivity index (χ2n) is 10.8. The molecular weight excluding hydrogens is 423 g/mol. The van der Waals surface area contributed by atoms with Gasteiger partial charge < -0.3 is 11.1 Å². The topological polar surface area (TPSA) is 108 Å². The molecule has 33 heavy (non-hydrogen) atoms. The van der Waals surface area contributed by atoms with Crippen molar-refractivity contribution in [1.29, 1.82) is 0 Å². The first-order valence-electron chi connectivity index (χ1n) is 11.6. The molecule has 2 aromatic rings. The van der Waals surface area contributed by atoms with E-state index in [0.29, 0.717) is 17.3 Å². The Labute approximate surface area is 192 Å². The van der Waals surface area contributed by atoms with Crippen LogP contribution in [0.2, 0.25) is 0 Å². The number of hydrogen-bond acceptors (Lipinski definition) is 4. The van der Waals surface area contributed by atoms with E-state index < -0.39 is 17.5 Å². The summed E-state index contributed by atoms with van der Waals surface area (Å²) in [5.41, 5.74) is 5.16. The summed E-state index contributed by atoms with van der Waals surface area (Å²) in [6, 6.07) is 1.80. The summed E-state index contributed by atoms with van der Waals surface area (Å²) in [4.78, 5) is 25.7. The van der Waals surface area contributed by atoms with Crippen LogP contribution in [0.4, 0.5) is 4.39 Å². The van der Waals surface area contributed by atoms with E-state index in [4.69, 9.17) is 5.73 Å². The predicted molar refractivity (Wildman–Crippen MR) is 121 cm³/mol. The molecule has 4 bridgehead atoms. The van der Waals surface area contributed by atoms with Gasteiger partial charge in [-0.2, -0.15) is 10.2 Å². The van der Waals surface area contributed by atoms with Crippen molar-refractivity contribution in [3.05, 3.63) is 36.3 Å². The van der Waals surface area contributed by atoms with Crippen molar-refractivity contribution < 1.29 is 14.0 Å². The minimum Gasteiger partial charge on any atom is -0.369 e. The molecule has 0 radical (unpaired) electrons. The number of nitrogens with one attached hydrogen (secondary N) is 1. The molecule has 4 aliphatic rings. The summed E-state index contributed by atoms with van der Waals surface area (Å²) < 4.78 is 16.4. The van der Waals surface area contributed by atoms with Gasteiger partial charge in [-0.3, -0.25) is 14.0 Å². The molecule has 0 spiro atoms. The van der Waals surface area contributed by atoms with E-state index >= 15 is 0 Å². The highest BCUT2D eigenvalue weighted by Crippen LogP contribution is 2.59. The van der Waals surface area contributed by atoms with Crippen molar-refractivity contribution >= 4 is 18.0 Å². The third kappa shape index (κ3) is 3.77. The Morgan fingerprint density at radius 3 is 2.61 bits per heavy atom. The maximum absolute atomic E-state index is 13.5. The third-order valence-electron chi connectivity index (χ3n) is 7.84. The molecule has 2 heterocycles. The number of aromatic nitrogens is 4. The Morgan fingerprint density at radius 2 is 2.00 bits per heavy atom. The lowest BCUT2D eigenvalue weighted by atomic mass is 9.47. The standard InChI is InChI=1S/C24H31FN6O2/c1-23(2,14-25)4-7-31-21(30-6-3-5-27-30)18(13-28-31)20(32)29-19-16-8-15-9-17(19)12-24(10-15,11-16)22(26)33/h3-7,13,15-17,19H,8-12,14H2,1-2H3,(H2,26,33)(H,29,32)/b7-4+. The lowest BCUT2D eigenvalue weighted by Gasteiger charge is -2.58. The van der Waals surface area contributed by atoms with Crippen LogP contribution in [0.15, 0.2) is 30.7 Å². The second-order valence-corrected chi connectivity index (χ2v) is 10.8. The first-order chi connectivity index (χ1) is 15.7. The van der Waals surface area contributed by atoms with Crippen LogP contribution in [0.5, 0.6) is 0 Å². The van der Waals surface area contributed by atoms with Crippen molar-refractivity contribution in [2.24, 2.45) is 34.3 Å². The zero-order chi connectivity index (χ0) is 23.4. The van der Waals surface area contributed by atoms with Gasteiger partial charge in [0, 0.05) is 35.5 Å². The molecule has 0 aromatic carbocycles. The number of rotatable bonds is 7. The lowest BCUT2D eigenvalue weighted by molar-refractivity contribution is -0.145. The van der Waals surface area contributed by atoms with E-state index in [1.165, 1.54) is 6.20 Å². The number of nitrogens with zero attached hydrogens (tertiary/aromatic N) is 4. The van der Waals surface area contributed by atoms with E-state index in [1.807, 2.05) is 0 Å². The summed E-state index contributed by atoms with van der Waals surface area (Å²) in [7, 11) is 0. The zero-order valence-corrected chi connectivity index (χ0v) is 19.1. The molecule has 2 unspecified atom stereocenters. The van der Waals surface area contributed by atoms with Crippen LogP contribution >= 0.6 is 0 Å². The molecule has 0 aliphatic heterocycles. The fraction of sp³-hybridized carbons (Fsp3) is 0.583. The molecule has 4 fully saturated rings. The monoisotopic (exact) mass is 454 g/mol. The summed E-state index contributed by atoms with van der Waals surface area (Å²) in [5.74, 6) is 1.16. The molecule has 6 rings (SSSR count). The SMILES string of the molecule is CC(C)(/C=C/n1ncc(C(=O)NC2C3CC4CC2CC(C(N)=O)(C4)C3)c1-n1cccn1)CF. The Balaban J connectivity index is 1.41. The van der Waals surface area contributed by atoms with Crippen molar-refractivity contribution in [2.75, 3.05) is 6.67 Å². The van der Waals surface area contributed by atoms with Crippen LogP contribution in [0.25, 0.3) is 12.0 Å². The molecule has 2 aromatic heterocycles. The minimum absolute atomic E-state index is 0.0244. The number of primary amides is 1. The third-order valence-corrected chi connectivity index (χ3v) is 7.84. The molecule has 4 saturated carbocycles. The lowest BCUT2D eigenvalue weighted by Crippen LogP contribution is -2.62. The van der Waals surface area contributed by atoms with Crippen LogP contribution in [-0.4, -0.2) is 44.1 Å². The highest BCUT2D eigenvalue weighted by molar-refractivity contribution is 5.97. The Hall–Kier alpha value is -2.97. The van der Waals surface area contributed by atoms with Crippen LogP contribution in [0, 0.1) is 28.6 Å². The van der Waals surface area contributed by atoms with Gasteiger partial charge in [0.05, 0.1) is 12.9 Å². The molecule has 9 heteroatoms. The zero-order valence-electron chi connectivity index (χ0n) is 19.1. The number of alkyl halides is 1. The Bertz CT molecular complexity index is 1070. The molecule has 4 aliphatic carbocycles. The number of nitrogens with two attached hydrogens (primary N) is 1. The molecule has 0 saturated heterocycles. The van der Waals surface area contributed by atoms with Crippen molar-refractivity contribution in [3.63, 3.8) is 0 Å². The molecule has 2 amide bonds. The molecule has 2 atom stereocenters. The average Bonchev–Trinajstić information content (AvgIpc) is 3.43. The fourth-order valence-corrected chi connectivity index (χ4v) is 6.36. The number of amides is 2. The van der Waals surface area contributed by atoms with Gasteiger partial charge in [0.15, 0.2) is 5.82 Å². The quantitative estimate of drug-likeness (QED) is 0.671. The largest absolute Gasteiger partial charge is 0.369 e. The molecule has 176 valence electrons. The maximum atomic E-state index is 13.5. The summed E-state index contributed by atoms with van der Waals surface area (Å²) >= 11 is 0. The van der Waals surface area contributed by atoms with E-state index in [2.05, 4.69) is 15.5 Å². The number of carbonyl (C=O) groups excluding carboxylic acids is 2. The number of carbonyl (C=O) groups is 2. The van der Waals surface area contributed by atoms with Gasteiger partial charge in [0.25, 0.3) is 5.91 Å². The first-order valence-corrected chi connectivity index (χ1v) is 11.6. The van der Waals surface area contributed by atoms with E-state index in [0.717, 1.165) is 32.1 Å². The normalized spacial score (nSPS) is 30.8. The smallest absolute Gasteiger partial charge is 0.257 e. The van der Waals surface area contributed by atoms with Crippen molar-refractivity contribution in [3.8, 4) is 5.82 Å². The van der Waals surface area contributed by atoms with E-state index in [9.17, 15) is 14.0 Å². The molecular formula is C24H31FN6O2. The average molecular weight is 455 g/mol. The molecule has 8 nitrogen and oxygen atoms in total. The van der Waals surface area contributed by atoms with Gasteiger partial charge in [-0.15, -0.1) is 0 Å². The summed E-state index contributed by atoms with van der Waals surface area (Å²) in [5, 5.41) is 11.9. The predicted octanol–water partition coefficient (Wildman–Crippen LogP) is 2.95. The number of halogens is 1. The van der Waals surface area contributed by atoms with Crippen LogP contribution in [-0.2, 0) is 4.79 Å². The van der Waals surface area contributed by atoms with Gasteiger partial charge in [0.1, 0.15) is 5.56 Å². The van der Waals surface area contributed by atoms with Crippen LogP contribution < -0.4 is 11.1 Å². The first kappa shape index (κ1) is 21.9. The Morgan fingerprint density at radius 1 is 1.27 bits per heavy atom. The Kier molecular flexibility index (Phi) is 5.17.